The van der Waals surface area contributed by atoms with Gasteiger partial charge in [-0.15, -0.1) is 0 Å². The Hall–Kier alpha value is -4.56. The smallest absolute Gasteiger partial charge is 0.170 e. The van der Waals surface area contributed by atoms with Gasteiger partial charge in [0.25, 0.3) is 0 Å². The first-order chi connectivity index (χ1) is 19.8. The summed E-state index contributed by atoms with van der Waals surface area (Å²) < 4.78 is 0. The summed E-state index contributed by atoms with van der Waals surface area (Å²) in [5, 5.41) is 0. The van der Waals surface area contributed by atoms with Crippen LogP contribution in [0, 0.1) is 0 Å². The molecule has 0 unspecified atom stereocenters. The Balaban J connectivity index is 1.78. The molecule has 0 heterocycles. The molecular formula is C39H36O2. The van der Waals surface area contributed by atoms with E-state index in [0.29, 0.717) is 11.1 Å². The molecule has 0 aromatic heterocycles. The van der Waals surface area contributed by atoms with Crippen molar-refractivity contribution in [2.24, 2.45) is 0 Å². The lowest BCUT2D eigenvalue weighted by molar-refractivity contribution is 0.0899. The van der Waals surface area contributed by atoms with Gasteiger partial charge >= 0.3 is 0 Å². The van der Waals surface area contributed by atoms with Gasteiger partial charge in [-0.25, -0.2) is 0 Å². The molecule has 0 aliphatic heterocycles. The first-order valence-electron chi connectivity index (χ1n) is 14.2. The van der Waals surface area contributed by atoms with Crippen LogP contribution >= 0.6 is 0 Å². The highest BCUT2D eigenvalue weighted by molar-refractivity contribution is 6.05. The number of rotatable bonds is 9. The van der Waals surface area contributed by atoms with Crippen LogP contribution in [-0.2, 0) is 5.41 Å². The van der Waals surface area contributed by atoms with E-state index in [1.807, 2.05) is 121 Å². The van der Waals surface area contributed by atoms with Crippen LogP contribution in [0.1, 0.15) is 81.5 Å². The molecule has 0 spiro atoms. The number of benzene rings is 5. The zero-order valence-corrected chi connectivity index (χ0v) is 23.9. The Morgan fingerprint density at radius 3 is 1.12 bits per heavy atom. The maximum atomic E-state index is 14.6. The van der Waals surface area contributed by atoms with Crippen LogP contribution in [0.3, 0.4) is 0 Å². The average molecular weight is 537 g/mol. The van der Waals surface area contributed by atoms with Crippen molar-refractivity contribution >= 4 is 11.6 Å². The lowest BCUT2D eigenvalue weighted by Crippen LogP contribution is -2.30. The van der Waals surface area contributed by atoms with E-state index < -0.39 is 17.8 Å². The summed E-state index contributed by atoms with van der Waals surface area (Å²) in [6.07, 6.45) is 0. The molecule has 0 radical (unpaired) electrons. The van der Waals surface area contributed by atoms with Gasteiger partial charge in [0.2, 0.25) is 0 Å². The Morgan fingerprint density at radius 1 is 0.439 bits per heavy atom. The second-order valence-corrected chi connectivity index (χ2v) is 11.6. The molecule has 5 rings (SSSR count). The maximum Gasteiger partial charge on any atom is 0.170 e. The fourth-order valence-corrected chi connectivity index (χ4v) is 5.71. The molecule has 2 nitrogen and oxygen atoms in total. The lowest BCUT2D eigenvalue weighted by atomic mass is 9.66. The van der Waals surface area contributed by atoms with E-state index in [0.717, 1.165) is 16.7 Å². The van der Waals surface area contributed by atoms with Gasteiger partial charge in [-0.3, -0.25) is 9.59 Å². The standard InChI is InChI=1S/C39H36O2/c1-39(2,3)33-26-24-30(25-27-33)34(35(28-16-8-4-9-17-28)37(40)31-20-12-6-13-21-31)36(29-18-10-5-11-19-29)38(41)32-22-14-7-15-23-32/h4-27,34-36H,1-3H3/t35-,36-/m1/s1. The molecule has 0 N–H and O–H groups in total. The molecule has 2 heteroatoms. The molecule has 0 fully saturated rings. The molecule has 0 aliphatic carbocycles. The number of carbonyl (C=O) groups excluding carboxylic acids is 2. The van der Waals surface area contributed by atoms with Gasteiger partial charge in [0.1, 0.15) is 0 Å². The Kier molecular flexibility index (Phi) is 8.40. The van der Waals surface area contributed by atoms with Crippen LogP contribution in [0.2, 0.25) is 0 Å². The molecule has 0 saturated carbocycles. The van der Waals surface area contributed by atoms with Crippen LogP contribution in [0.25, 0.3) is 0 Å². The summed E-state index contributed by atoms with van der Waals surface area (Å²) in [5.41, 5.74) is 5.21. The largest absolute Gasteiger partial charge is 0.293 e. The molecule has 5 aromatic rings. The second-order valence-electron chi connectivity index (χ2n) is 11.6. The average Bonchev–Trinajstić information content (AvgIpc) is 3.02. The second kappa shape index (κ2) is 12.3. The third-order valence-electron chi connectivity index (χ3n) is 7.88. The van der Waals surface area contributed by atoms with Crippen molar-refractivity contribution in [3.8, 4) is 0 Å². The van der Waals surface area contributed by atoms with Crippen molar-refractivity contribution in [3.05, 3.63) is 179 Å². The molecule has 5 aromatic carbocycles. The summed E-state index contributed by atoms with van der Waals surface area (Å²) >= 11 is 0. The predicted molar refractivity (Wildman–Crippen MR) is 168 cm³/mol. The van der Waals surface area contributed by atoms with Gasteiger partial charge < -0.3 is 0 Å². The molecule has 204 valence electrons. The van der Waals surface area contributed by atoms with Gasteiger partial charge in [0.05, 0.1) is 11.8 Å². The van der Waals surface area contributed by atoms with Gasteiger partial charge in [-0.2, -0.15) is 0 Å². The molecule has 0 saturated heterocycles. The molecule has 0 amide bonds. The van der Waals surface area contributed by atoms with Crippen LogP contribution < -0.4 is 0 Å². The highest BCUT2D eigenvalue weighted by Gasteiger charge is 2.41. The van der Waals surface area contributed by atoms with Crippen molar-refractivity contribution in [1.29, 1.82) is 0 Å². The minimum Gasteiger partial charge on any atom is -0.293 e. The first-order valence-corrected chi connectivity index (χ1v) is 14.2. The van der Waals surface area contributed by atoms with Gasteiger partial charge in [-0.05, 0) is 27.7 Å². The van der Waals surface area contributed by atoms with Crippen molar-refractivity contribution in [2.75, 3.05) is 0 Å². The Labute approximate surface area is 243 Å². The normalized spacial score (nSPS) is 13.0. The number of ketones is 2. The third-order valence-corrected chi connectivity index (χ3v) is 7.88. The van der Waals surface area contributed by atoms with E-state index in [1.165, 1.54) is 5.56 Å². The zero-order chi connectivity index (χ0) is 28.8. The number of hydrogen-bond donors (Lipinski definition) is 0. The monoisotopic (exact) mass is 536 g/mol. The first kappa shape index (κ1) is 28.0. The van der Waals surface area contributed by atoms with E-state index in [-0.39, 0.29) is 17.0 Å². The molecular weight excluding hydrogens is 500 g/mol. The number of hydrogen-bond acceptors (Lipinski definition) is 2. The fraction of sp³-hybridized carbons (Fsp3) is 0.179. The van der Waals surface area contributed by atoms with Gasteiger partial charge in [0.15, 0.2) is 11.6 Å². The molecule has 41 heavy (non-hydrogen) atoms. The van der Waals surface area contributed by atoms with Crippen molar-refractivity contribution < 1.29 is 9.59 Å². The highest BCUT2D eigenvalue weighted by atomic mass is 16.1. The van der Waals surface area contributed by atoms with Crippen LogP contribution in [0.5, 0.6) is 0 Å². The van der Waals surface area contributed by atoms with Crippen molar-refractivity contribution in [2.45, 2.75) is 43.9 Å². The van der Waals surface area contributed by atoms with Crippen LogP contribution in [-0.4, -0.2) is 11.6 Å². The minimum absolute atomic E-state index is 0.00323. The predicted octanol–water partition coefficient (Wildman–Crippen LogP) is 9.40. The summed E-state index contributed by atoms with van der Waals surface area (Å²) in [6.45, 7) is 6.57. The van der Waals surface area contributed by atoms with Crippen LogP contribution in [0.4, 0.5) is 0 Å². The SMILES string of the molecule is CC(C)(C)c1ccc(C([C@H](C(=O)c2ccccc2)c2ccccc2)[C@H](C(=O)c2ccccc2)c2ccccc2)cc1. The number of carbonyl (C=O) groups is 2. The summed E-state index contributed by atoms with van der Waals surface area (Å²) in [6, 6.07) is 47.3. The molecule has 0 bridgehead atoms. The van der Waals surface area contributed by atoms with E-state index >= 15 is 0 Å². The lowest BCUT2D eigenvalue weighted by Gasteiger charge is -2.34. The topological polar surface area (TPSA) is 34.1 Å². The summed E-state index contributed by atoms with van der Waals surface area (Å²) in [5.74, 6) is -1.62. The highest BCUT2D eigenvalue weighted by Crippen LogP contribution is 2.47. The van der Waals surface area contributed by atoms with E-state index in [2.05, 4.69) is 45.0 Å². The van der Waals surface area contributed by atoms with Crippen molar-refractivity contribution in [1.82, 2.24) is 0 Å². The Bertz CT molecular complexity index is 1470. The molecule has 0 aliphatic rings. The third kappa shape index (κ3) is 6.28. The van der Waals surface area contributed by atoms with Crippen molar-refractivity contribution in [3.63, 3.8) is 0 Å². The van der Waals surface area contributed by atoms with Gasteiger partial charge in [-0.1, -0.05) is 166 Å². The summed E-state index contributed by atoms with van der Waals surface area (Å²) in [7, 11) is 0. The van der Waals surface area contributed by atoms with Gasteiger partial charge in [0, 0.05) is 17.0 Å². The number of Topliss-reactive ketones (excluding diaryl/α,β-unsaturated/α-hetero) is 2. The van der Waals surface area contributed by atoms with E-state index in [9.17, 15) is 9.59 Å². The Morgan fingerprint density at radius 2 is 0.780 bits per heavy atom. The van der Waals surface area contributed by atoms with E-state index in [1.54, 1.807) is 0 Å². The summed E-state index contributed by atoms with van der Waals surface area (Å²) in [4.78, 5) is 29.1. The fourth-order valence-electron chi connectivity index (χ4n) is 5.71. The van der Waals surface area contributed by atoms with E-state index in [4.69, 9.17) is 0 Å². The van der Waals surface area contributed by atoms with Crippen LogP contribution in [0.15, 0.2) is 146 Å². The molecule has 2 atom stereocenters. The maximum absolute atomic E-state index is 14.6. The zero-order valence-electron chi connectivity index (χ0n) is 23.9. The quantitative estimate of drug-likeness (QED) is 0.176. The minimum atomic E-state index is -0.586.